The average molecular weight is 452 g/mol. The summed E-state index contributed by atoms with van der Waals surface area (Å²) >= 11 is 1.26. The summed E-state index contributed by atoms with van der Waals surface area (Å²) in [5.41, 5.74) is 6.65. The van der Waals surface area contributed by atoms with Crippen molar-refractivity contribution in [1.82, 2.24) is 4.98 Å². The van der Waals surface area contributed by atoms with Crippen LogP contribution in [0.1, 0.15) is 33.4 Å². The fraction of sp³-hybridized carbons (Fsp3) is 0.273. The minimum atomic E-state index is -4.40. The van der Waals surface area contributed by atoms with Crippen LogP contribution in [0.15, 0.2) is 42.5 Å². The molecule has 0 aliphatic carbocycles. The van der Waals surface area contributed by atoms with Crippen molar-refractivity contribution >= 4 is 17.2 Å². The summed E-state index contributed by atoms with van der Waals surface area (Å²) in [6.45, 7) is 3.23. The van der Waals surface area contributed by atoms with E-state index < -0.39 is 23.8 Å². The maximum atomic E-state index is 15.0. The number of nitrogens with zero attached hydrogens (tertiary/aromatic N) is 1. The van der Waals surface area contributed by atoms with E-state index in [0.717, 1.165) is 12.1 Å². The lowest BCUT2D eigenvalue weighted by atomic mass is 10.0. The number of carbonyl (C=O) groups is 1. The molecule has 0 spiro atoms. The first-order chi connectivity index (χ1) is 14.5. The summed E-state index contributed by atoms with van der Waals surface area (Å²) in [4.78, 5) is 16.0. The van der Waals surface area contributed by atoms with Crippen molar-refractivity contribution in [1.29, 1.82) is 0 Å². The van der Waals surface area contributed by atoms with Gasteiger partial charge in [-0.3, -0.25) is 4.79 Å². The van der Waals surface area contributed by atoms with E-state index >= 15 is 0 Å². The van der Waals surface area contributed by atoms with Gasteiger partial charge in [0.25, 0.3) is 5.91 Å². The van der Waals surface area contributed by atoms with Crippen LogP contribution in [0.2, 0.25) is 0 Å². The number of amides is 1. The predicted molar refractivity (Wildman–Crippen MR) is 111 cm³/mol. The van der Waals surface area contributed by atoms with Crippen LogP contribution in [-0.4, -0.2) is 17.5 Å². The summed E-state index contributed by atoms with van der Waals surface area (Å²) in [7, 11) is 0. The van der Waals surface area contributed by atoms with Crippen LogP contribution < -0.4 is 10.5 Å². The van der Waals surface area contributed by atoms with E-state index in [9.17, 15) is 22.4 Å². The third kappa shape index (κ3) is 5.61. The van der Waals surface area contributed by atoms with Crippen LogP contribution in [0.3, 0.4) is 0 Å². The number of nitrogens with two attached hydrogens (primary N) is 1. The molecular formula is C22H20F4N2O2S. The molecule has 31 heavy (non-hydrogen) atoms. The van der Waals surface area contributed by atoms with Crippen molar-refractivity contribution in [2.24, 2.45) is 5.73 Å². The Morgan fingerprint density at radius 2 is 1.84 bits per heavy atom. The maximum absolute atomic E-state index is 15.0. The topological polar surface area (TPSA) is 65.2 Å². The lowest BCUT2D eigenvalue weighted by molar-refractivity contribution is -0.137. The van der Waals surface area contributed by atoms with E-state index in [1.165, 1.54) is 23.5 Å². The number of hydrogen-bond acceptors (Lipinski definition) is 4. The standard InChI is InChI=1S/C22H20F4N2O2S/c1-12-9-15(5-8-18(12)30-11-20(27)29)17(23)10-19-13(2)28-21(31-19)14-3-6-16(7-4-14)22(24,25)26/h3-9,17H,10-11H2,1-2H3,(H2,27,29). The number of rotatable bonds is 7. The number of ether oxygens (including phenoxy) is 1. The maximum Gasteiger partial charge on any atom is 0.416 e. The first-order valence-electron chi connectivity index (χ1n) is 9.34. The average Bonchev–Trinajstić information content (AvgIpc) is 3.06. The number of aromatic nitrogens is 1. The molecule has 0 aliphatic heterocycles. The lowest BCUT2D eigenvalue weighted by Crippen LogP contribution is -2.20. The molecule has 0 fully saturated rings. The van der Waals surface area contributed by atoms with Crippen LogP contribution in [0.4, 0.5) is 17.6 Å². The molecule has 0 saturated heterocycles. The van der Waals surface area contributed by atoms with Gasteiger partial charge in [0.2, 0.25) is 0 Å². The second-order valence-electron chi connectivity index (χ2n) is 7.05. The third-order valence-electron chi connectivity index (χ3n) is 4.65. The molecule has 0 radical (unpaired) electrons. The predicted octanol–water partition coefficient (Wildman–Crippen LogP) is 5.56. The molecule has 1 atom stereocenters. The van der Waals surface area contributed by atoms with Gasteiger partial charge in [0, 0.05) is 16.9 Å². The number of aryl methyl sites for hydroxylation is 2. The molecule has 1 aromatic heterocycles. The highest BCUT2D eigenvalue weighted by Gasteiger charge is 2.30. The van der Waals surface area contributed by atoms with Crippen LogP contribution >= 0.6 is 11.3 Å². The molecule has 3 rings (SSSR count). The molecule has 1 unspecified atom stereocenters. The van der Waals surface area contributed by atoms with Crippen LogP contribution in [-0.2, 0) is 17.4 Å². The largest absolute Gasteiger partial charge is 0.484 e. The van der Waals surface area contributed by atoms with Crippen molar-refractivity contribution in [3.63, 3.8) is 0 Å². The van der Waals surface area contributed by atoms with Crippen LogP contribution in [0, 0.1) is 13.8 Å². The van der Waals surface area contributed by atoms with E-state index in [4.69, 9.17) is 10.5 Å². The van der Waals surface area contributed by atoms with Gasteiger partial charge in [-0.25, -0.2) is 9.37 Å². The molecule has 9 heteroatoms. The van der Waals surface area contributed by atoms with Gasteiger partial charge in [-0.1, -0.05) is 18.2 Å². The van der Waals surface area contributed by atoms with Crippen molar-refractivity contribution in [2.45, 2.75) is 32.6 Å². The number of hydrogen-bond donors (Lipinski definition) is 1. The molecule has 4 nitrogen and oxygen atoms in total. The highest BCUT2D eigenvalue weighted by Crippen LogP contribution is 2.35. The minimum absolute atomic E-state index is 0.0884. The zero-order valence-corrected chi connectivity index (χ0v) is 17.6. The Kier molecular flexibility index (Phi) is 6.64. The molecule has 1 amide bonds. The van der Waals surface area contributed by atoms with Gasteiger partial charge < -0.3 is 10.5 Å². The molecule has 1 heterocycles. The number of primary amides is 1. The highest BCUT2D eigenvalue weighted by molar-refractivity contribution is 7.15. The Morgan fingerprint density at radius 3 is 2.42 bits per heavy atom. The summed E-state index contributed by atoms with van der Waals surface area (Å²) in [5.74, 6) is -0.148. The van der Waals surface area contributed by atoms with Gasteiger partial charge in [0.15, 0.2) is 6.61 Å². The first-order valence-corrected chi connectivity index (χ1v) is 10.2. The fourth-order valence-electron chi connectivity index (χ4n) is 3.00. The molecule has 0 aliphatic rings. The van der Waals surface area contributed by atoms with E-state index in [1.54, 1.807) is 32.0 Å². The Bertz CT molecular complexity index is 1080. The molecule has 164 valence electrons. The zero-order chi connectivity index (χ0) is 22.8. The third-order valence-corrected chi connectivity index (χ3v) is 5.88. The van der Waals surface area contributed by atoms with Gasteiger partial charge in [0.1, 0.15) is 16.9 Å². The van der Waals surface area contributed by atoms with Crippen molar-refractivity contribution in [3.8, 4) is 16.3 Å². The molecule has 0 saturated carbocycles. The summed E-state index contributed by atoms with van der Waals surface area (Å²) in [5, 5.41) is 0.541. The van der Waals surface area contributed by atoms with Gasteiger partial charge in [-0.2, -0.15) is 13.2 Å². The van der Waals surface area contributed by atoms with Crippen molar-refractivity contribution in [2.75, 3.05) is 6.61 Å². The number of thiazole rings is 1. The second kappa shape index (κ2) is 9.05. The normalized spacial score (nSPS) is 12.6. The molecular weight excluding hydrogens is 432 g/mol. The molecule has 0 bridgehead atoms. The second-order valence-corrected chi connectivity index (χ2v) is 8.14. The molecule has 2 aromatic carbocycles. The molecule has 2 N–H and O–H groups in total. The summed E-state index contributed by atoms with van der Waals surface area (Å²) < 4.78 is 58.5. The minimum Gasteiger partial charge on any atom is -0.484 e. The highest BCUT2D eigenvalue weighted by atomic mass is 32.1. The monoisotopic (exact) mass is 452 g/mol. The Labute approximate surface area is 180 Å². The van der Waals surface area contributed by atoms with E-state index in [2.05, 4.69) is 4.98 Å². The summed E-state index contributed by atoms with van der Waals surface area (Å²) in [6.07, 6.45) is -5.61. The Morgan fingerprint density at radius 1 is 1.16 bits per heavy atom. The Balaban J connectivity index is 1.74. The van der Waals surface area contributed by atoms with E-state index in [0.29, 0.717) is 38.0 Å². The zero-order valence-electron chi connectivity index (χ0n) is 16.8. The van der Waals surface area contributed by atoms with Crippen LogP contribution in [0.5, 0.6) is 5.75 Å². The molecule has 3 aromatic rings. The van der Waals surface area contributed by atoms with Crippen molar-refractivity contribution < 1.29 is 27.1 Å². The number of benzene rings is 2. The number of halogens is 4. The SMILES string of the molecule is Cc1cc(C(F)Cc2sc(-c3ccc(C(F)(F)F)cc3)nc2C)ccc1OCC(N)=O. The van der Waals surface area contributed by atoms with E-state index in [-0.39, 0.29) is 13.0 Å². The number of alkyl halides is 4. The summed E-state index contributed by atoms with van der Waals surface area (Å²) in [6, 6.07) is 9.57. The Hall–Kier alpha value is -2.94. The van der Waals surface area contributed by atoms with E-state index in [1.807, 2.05) is 0 Å². The quantitative estimate of drug-likeness (QED) is 0.477. The van der Waals surface area contributed by atoms with Gasteiger partial charge in [-0.05, 0) is 49.2 Å². The van der Waals surface area contributed by atoms with Crippen molar-refractivity contribution in [3.05, 3.63) is 69.7 Å². The van der Waals surface area contributed by atoms with Crippen LogP contribution in [0.25, 0.3) is 10.6 Å². The van der Waals surface area contributed by atoms with Gasteiger partial charge >= 0.3 is 6.18 Å². The fourth-order valence-corrected chi connectivity index (χ4v) is 4.09. The smallest absolute Gasteiger partial charge is 0.416 e. The lowest BCUT2D eigenvalue weighted by Gasteiger charge is -2.12. The first kappa shape index (κ1) is 22.7. The van der Waals surface area contributed by atoms with Gasteiger partial charge in [0.05, 0.1) is 11.3 Å². The number of carbonyl (C=O) groups excluding carboxylic acids is 1. The van der Waals surface area contributed by atoms with Gasteiger partial charge in [-0.15, -0.1) is 11.3 Å².